The molecule has 0 unspecified atom stereocenters. The number of pyridine rings is 1. The van der Waals surface area contributed by atoms with Crippen LogP contribution in [0.15, 0.2) is 47.5 Å². The molecule has 0 radical (unpaired) electrons. The van der Waals surface area contributed by atoms with Crippen LogP contribution in [0.1, 0.15) is 73.7 Å². The van der Waals surface area contributed by atoms with E-state index in [1.165, 1.54) is 6.20 Å². The zero-order valence-corrected chi connectivity index (χ0v) is 23.1. The summed E-state index contributed by atoms with van der Waals surface area (Å²) in [5, 5.41) is 12.6. The fourth-order valence-electron chi connectivity index (χ4n) is 4.55. The molecule has 8 nitrogen and oxygen atoms in total. The van der Waals surface area contributed by atoms with Crippen molar-refractivity contribution < 1.29 is 23.1 Å². The van der Waals surface area contributed by atoms with Crippen LogP contribution in [0.25, 0.3) is 10.9 Å². The third-order valence-corrected chi connectivity index (χ3v) is 8.45. The van der Waals surface area contributed by atoms with E-state index in [1.807, 2.05) is 19.1 Å². The van der Waals surface area contributed by atoms with Gasteiger partial charge in [0.1, 0.15) is 5.75 Å². The molecule has 38 heavy (non-hydrogen) atoms. The molecule has 1 heterocycles. The van der Waals surface area contributed by atoms with Gasteiger partial charge in [-0.05, 0) is 49.6 Å². The molecule has 0 spiro atoms. The lowest BCUT2D eigenvalue weighted by molar-refractivity contribution is 0.100. The van der Waals surface area contributed by atoms with Gasteiger partial charge >= 0.3 is 0 Å². The van der Waals surface area contributed by atoms with E-state index in [1.54, 1.807) is 31.4 Å². The van der Waals surface area contributed by atoms with Crippen molar-refractivity contribution in [1.29, 1.82) is 0 Å². The van der Waals surface area contributed by atoms with Crippen LogP contribution in [0.5, 0.6) is 5.75 Å². The molecule has 0 saturated carbocycles. The SMILES string of the molecule is COc1cccc(Nc2c(C(N)=O)cnc3c(C)cc(S(=O)(=O)CCCCCCCCCCCO)cc23)c1. The average molecular weight is 542 g/mol. The van der Waals surface area contributed by atoms with E-state index in [0.717, 1.165) is 51.4 Å². The number of unbranched alkanes of at least 4 members (excludes halogenated alkanes) is 8. The number of primary amides is 1. The van der Waals surface area contributed by atoms with E-state index in [9.17, 15) is 13.2 Å². The van der Waals surface area contributed by atoms with Gasteiger partial charge in [-0.15, -0.1) is 0 Å². The minimum absolute atomic E-state index is 0.0655. The van der Waals surface area contributed by atoms with Crippen molar-refractivity contribution in [2.24, 2.45) is 5.73 Å². The van der Waals surface area contributed by atoms with Gasteiger partial charge in [0.2, 0.25) is 0 Å². The van der Waals surface area contributed by atoms with Crippen LogP contribution in [0.4, 0.5) is 11.4 Å². The number of anilines is 2. The Kier molecular flexibility index (Phi) is 10.9. The lowest BCUT2D eigenvalue weighted by atomic mass is 10.1. The van der Waals surface area contributed by atoms with E-state index in [4.69, 9.17) is 15.6 Å². The number of sulfone groups is 1. The number of nitrogens with zero attached hydrogens (tertiary/aromatic N) is 1. The summed E-state index contributed by atoms with van der Waals surface area (Å²) >= 11 is 0. The quantitative estimate of drug-likeness (QED) is 0.199. The highest BCUT2D eigenvalue weighted by Gasteiger charge is 2.20. The van der Waals surface area contributed by atoms with Gasteiger partial charge in [-0.25, -0.2) is 8.42 Å². The number of rotatable bonds is 16. The van der Waals surface area contributed by atoms with Crippen molar-refractivity contribution in [2.75, 3.05) is 24.8 Å². The second-order valence-corrected chi connectivity index (χ2v) is 11.7. The number of ether oxygens (including phenoxy) is 1. The van der Waals surface area contributed by atoms with Crippen molar-refractivity contribution in [2.45, 2.75) is 69.6 Å². The number of nitrogens with two attached hydrogens (primary N) is 1. The van der Waals surface area contributed by atoms with Crippen LogP contribution in [0.2, 0.25) is 0 Å². The number of carbonyl (C=O) groups is 1. The first-order chi connectivity index (χ1) is 18.3. The number of aromatic nitrogens is 1. The second kappa shape index (κ2) is 14.1. The number of aliphatic hydroxyl groups excluding tert-OH is 1. The molecule has 0 aliphatic heterocycles. The number of aliphatic hydroxyl groups is 1. The predicted octanol–water partition coefficient (Wildman–Crippen LogP) is 5.67. The molecule has 0 saturated heterocycles. The zero-order valence-electron chi connectivity index (χ0n) is 22.3. The fourth-order valence-corrected chi connectivity index (χ4v) is 6.03. The summed E-state index contributed by atoms with van der Waals surface area (Å²) in [6.07, 6.45) is 10.3. The number of methoxy groups -OCH3 is 1. The summed E-state index contributed by atoms with van der Waals surface area (Å²) in [6.45, 7) is 2.07. The zero-order chi connectivity index (χ0) is 27.5. The maximum Gasteiger partial charge on any atom is 0.252 e. The number of carbonyl (C=O) groups excluding carboxylic acids is 1. The van der Waals surface area contributed by atoms with Crippen molar-refractivity contribution >= 4 is 38.0 Å². The van der Waals surface area contributed by atoms with Crippen LogP contribution < -0.4 is 15.8 Å². The highest BCUT2D eigenvalue weighted by molar-refractivity contribution is 7.91. The van der Waals surface area contributed by atoms with E-state index in [2.05, 4.69) is 10.3 Å². The van der Waals surface area contributed by atoms with Gasteiger partial charge in [-0.2, -0.15) is 0 Å². The third-order valence-electron chi connectivity index (χ3n) is 6.67. The molecule has 3 rings (SSSR count). The van der Waals surface area contributed by atoms with Gasteiger partial charge in [0.05, 0.1) is 34.5 Å². The third kappa shape index (κ3) is 7.91. The van der Waals surface area contributed by atoms with Crippen molar-refractivity contribution in [3.63, 3.8) is 0 Å². The molecule has 0 aliphatic carbocycles. The molecule has 0 fully saturated rings. The van der Waals surface area contributed by atoms with Gasteiger partial charge in [-0.1, -0.05) is 51.0 Å². The Balaban J connectivity index is 1.78. The van der Waals surface area contributed by atoms with E-state index < -0.39 is 15.7 Å². The molecule has 4 N–H and O–H groups in total. The molecule has 1 aromatic heterocycles. The highest BCUT2D eigenvalue weighted by atomic mass is 32.2. The highest BCUT2D eigenvalue weighted by Crippen LogP contribution is 2.34. The molecule has 3 aromatic rings. The number of nitrogens with one attached hydrogen (secondary N) is 1. The summed E-state index contributed by atoms with van der Waals surface area (Å²) < 4.78 is 31.8. The Hall–Kier alpha value is -3.17. The largest absolute Gasteiger partial charge is 0.497 e. The van der Waals surface area contributed by atoms with E-state index in [-0.39, 0.29) is 22.8 Å². The number of benzene rings is 2. The Bertz CT molecular complexity index is 1340. The Labute approximate surface area is 225 Å². The topological polar surface area (TPSA) is 132 Å². The Morgan fingerprint density at radius 3 is 2.29 bits per heavy atom. The molecule has 9 heteroatoms. The van der Waals surface area contributed by atoms with Crippen LogP contribution >= 0.6 is 0 Å². The van der Waals surface area contributed by atoms with Crippen LogP contribution in [-0.2, 0) is 9.84 Å². The number of amides is 1. The predicted molar refractivity (Wildman–Crippen MR) is 152 cm³/mol. The fraction of sp³-hybridized carbons (Fsp3) is 0.448. The normalized spacial score (nSPS) is 11.6. The second-order valence-electron chi connectivity index (χ2n) is 9.63. The van der Waals surface area contributed by atoms with Gasteiger partial charge in [-0.3, -0.25) is 9.78 Å². The van der Waals surface area contributed by atoms with Crippen molar-refractivity contribution in [3.05, 3.63) is 53.7 Å². The van der Waals surface area contributed by atoms with Gasteiger partial charge in [0.15, 0.2) is 9.84 Å². The lowest BCUT2D eigenvalue weighted by Gasteiger charge is -2.16. The first kappa shape index (κ1) is 29.4. The number of fused-ring (bicyclic) bond motifs is 1. The smallest absolute Gasteiger partial charge is 0.252 e. The summed E-state index contributed by atoms with van der Waals surface area (Å²) in [5.41, 5.74) is 8.20. The minimum atomic E-state index is -3.53. The number of aryl methyl sites for hydroxylation is 1. The van der Waals surface area contributed by atoms with Gasteiger partial charge in [0.25, 0.3) is 5.91 Å². The molecular weight excluding hydrogens is 502 g/mol. The van der Waals surface area contributed by atoms with Crippen LogP contribution in [0, 0.1) is 6.92 Å². The summed E-state index contributed by atoms with van der Waals surface area (Å²) in [7, 11) is -1.96. The number of hydrogen-bond donors (Lipinski definition) is 3. The lowest BCUT2D eigenvalue weighted by Crippen LogP contribution is -2.15. The van der Waals surface area contributed by atoms with Gasteiger partial charge in [0, 0.05) is 29.9 Å². The molecule has 2 aromatic carbocycles. The molecule has 206 valence electrons. The monoisotopic (exact) mass is 541 g/mol. The van der Waals surface area contributed by atoms with Gasteiger partial charge < -0.3 is 20.9 Å². The summed E-state index contributed by atoms with van der Waals surface area (Å²) in [5.74, 6) is 0.0370. The number of hydrogen-bond acceptors (Lipinski definition) is 7. The minimum Gasteiger partial charge on any atom is -0.497 e. The molecular formula is C29H39N3O5S. The summed E-state index contributed by atoms with van der Waals surface area (Å²) in [4.78, 5) is 16.9. The Morgan fingerprint density at radius 1 is 1.00 bits per heavy atom. The first-order valence-electron chi connectivity index (χ1n) is 13.2. The van der Waals surface area contributed by atoms with E-state index in [0.29, 0.717) is 40.0 Å². The molecule has 0 bridgehead atoms. The summed E-state index contributed by atoms with van der Waals surface area (Å²) in [6, 6.07) is 10.5. The molecule has 0 aliphatic rings. The maximum atomic E-state index is 13.3. The standard InChI is InChI=1S/C29H39N3O5S/c1-21-17-24(38(35,36)16-11-9-7-5-3-4-6-8-10-15-33)19-25-27(21)31-20-26(29(30)34)28(25)32-22-13-12-14-23(18-22)37-2/h12-14,17-20,33H,3-11,15-16H2,1-2H3,(H2,30,34)(H,31,32). The van der Waals surface area contributed by atoms with Crippen LogP contribution in [-0.4, -0.2) is 43.9 Å². The van der Waals surface area contributed by atoms with Crippen molar-refractivity contribution in [3.8, 4) is 5.75 Å². The molecule has 0 atom stereocenters. The average Bonchev–Trinajstić information content (AvgIpc) is 2.90. The molecule has 1 amide bonds. The van der Waals surface area contributed by atoms with Crippen molar-refractivity contribution in [1.82, 2.24) is 4.98 Å². The van der Waals surface area contributed by atoms with Crippen LogP contribution in [0.3, 0.4) is 0 Å². The first-order valence-corrected chi connectivity index (χ1v) is 14.9. The maximum absolute atomic E-state index is 13.3. The Morgan fingerprint density at radius 2 is 1.66 bits per heavy atom. The van der Waals surface area contributed by atoms with E-state index >= 15 is 0 Å².